The van der Waals surface area contributed by atoms with Gasteiger partial charge in [0.15, 0.2) is 0 Å². The summed E-state index contributed by atoms with van der Waals surface area (Å²) in [5, 5.41) is 26.8. The maximum absolute atomic E-state index is 11.2. The number of hydrogen-bond donors (Lipinski definition) is 5. The molecule has 1 aliphatic rings. The van der Waals surface area contributed by atoms with Crippen LogP contribution in [0, 0.1) is 11.8 Å². The smallest absolute Gasteiger partial charge is 0.451 e. The second kappa shape index (κ2) is 7.30. The summed E-state index contributed by atoms with van der Waals surface area (Å²) in [5.41, 5.74) is 10.2. The molecule has 7 N–H and O–H groups in total. The largest absolute Gasteiger partial charge is 0.480 e. The number of rotatable bonds is 5. The van der Waals surface area contributed by atoms with Crippen LogP contribution < -0.4 is 11.5 Å². The minimum absolute atomic E-state index is 0. The molecule has 0 bridgehead atoms. The molecule has 0 aromatic heterocycles. The van der Waals surface area contributed by atoms with Crippen molar-refractivity contribution in [1.29, 1.82) is 0 Å². The molecule has 8 heteroatoms. The van der Waals surface area contributed by atoms with Crippen LogP contribution in [0.5, 0.6) is 0 Å². The summed E-state index contributed by atoms with van der Waals surface area (Å²) >= 11 is 0. The van der Waals surface area contributed by atoms with Crippen LogP contribution in [-0.2, 0) is 4.79 Å². The normalized spacial score (nSPS) is 31.6. The summed E-state index contributed by atoms with van der Waals surface area (Å²) in [5.74, 6) is -1.09. The van der Waals surface area contributed by atoms with E-state index in [0.29, 0.717) is 19.3 Å². The van der Waals surface area contributed by atoms with E-state index in [1.54, 1.807) is 0 Å². The fraction of sp³-hybridized carbons (Fsp3) is 0.900. The lowest BCUT2D eigenvalue weighted by atomic mass is 9.66. The molecule has 0 heterocycles. The average Bonchev–Trinajstić information content (AvgIpc) is 2.26. The molecular formula is C10H22BClN2O4. The Labute approximate surface area is 113 Å². The number of nitrogens with two attached hydrogens (primary N) is 2. The lowest BCUT2D eigenvalue weighted by Crippen LogP contribution is -2.59. The third-order valence-corrected chi connectivity index (χ3v) is 3.79. The Kier molecular flexibility index (Phi) is 7.17. The van der Waals surface area contributed by atoms with Gasteiger partial charge in [-0.1, -0.05) is 6.42 Å². The molecule has 1 saturated carbocycles. The molecule has 0 aromatic carbocycles. The van der Waals surface area contributed by atoms with E-state index in [1.165, 1.54) is 0 Å². The van der Waals surface area contributed by atoms with Crippen molar-refractivity contribution in [1.82, 2.24) is 0 Å². The molecule has 0 saturated heterocycles. The van der Waals surface area contributed by atoms with E-state index in [0.717, 1.165) is 6.42 Å². The van der Waals surface area contributed by atoms with Crippen molar-refractivity contribution in [2.45, 2.75) is 37.5 Å². The maximum Gasteiger partial charge on any atom is 0.451 e. The lowest BCUT2D eigenvalue weighted by Gasteiger charge is -2.41. The second-order valence-electron chi connectivity index (χ2n) is 4.98. The molecule has 0 unspecified atom stereocenters. The molecule has 0 amide bonds. The zero-order chi connectivity index (χ0) is 13.1. The second-order valence-corrected chi connectivity index (χ2v) is 4.98. The summed E-state index contributed by atoms with van der Waals surface area (Å²) in [7, 11) is -1.33. The summed E-state index contributed by atoms with van der Waals surface area (Å²) in [6.45, 7) is 0.276. The summed E-state index contributed by atoms with van der Waals surface area (Å²) < 4.78 is 0. The molecule has 6 nitrogen and oxygen atoms in total. The van der Waals surface area contributed by atoms with Gasteiger partial charge in [0.05, 0.1) is 0 Å². The van der Waals surface area contributed by atoms with E-state index in [1.807, 2.05) is 0 Å². The van der Waals surface area contributed by atoms with Gasteiger partial charge < -0.3 is 26.6 Å². The third kappa shape index (κ3) is 4.10. The first kappa shape index (κ1) is 17.7. The minimum atomic E-state index is -1.33. The monoisotopic (exact) mass is 280 g/mol. The predicted molar refractivity (Wildman–Crippen MR) is 71.3 cm³/mol. The van der Waals surface area contributed by atoms with Crippen molar-refractivity contribution in [3.63, 3.8) is 0 Å². The first-order chi connectivity index (χ1) is 7.90. The predicted octanol–water partition coefficient (Wildman–Crippen LogP) is -0.572. The van der Waals surface area contributed by atoms with Crippen molar-refractivity contribution in [3.05, 3.63) is 0 Å². The Morgan fingerprint density at radius 2 is 2.00 bits per heavy atom. The van der Waals surface area contributed by atoms with E-state index in [-0.39, 0.29) is 37.1 Å². The Bertz CT molecular complexity index is 283. The van der Waals surface area contributed by atoms with Crippen molar-refractivity contribution in [2.75, 3.05) is 6.54 Å². The molecular weight excluding hydrogens is 258 g/mol. The van der Waals surface area contributed by atoms with E-state index in [4.69, 9.17) is 21.5 Å². The van der Waals surface area contributed by atoms with Gasteiger partial charge in [0.2, 0.25) is 0 Å². The van der Waals surface area contributed by atoms with Gasteiger partial charge in [0, 0.05) is 0 Å². The Morgan fingerprint density at radius 3 is 2.44 bits per heavy atom. The van der Waals surface area contributed by atoms with Crippen LogP contribution in [0.15, 0.2) is 0 Å². The van der Waals surface area contributed by atoms with Gasteiger partial charge in [0.1, 0.15) is 5.54 Å². The molecule has 3 atom stereocenters. The molecule has 0 spiro atoms. The molecule has 1 fully saturated rings. The van der Waals surface area contributed by atoms with E-state index < -0.39 is 18.6 Å². The Morgan fingerprint density at radius 1 is 1.39 bits per heavy atom. The van der Waals surface area contributed by atoms with E-state index in [2.05, 4.69) is 0 Å². The highest BCUT2D eigenvalue weighted by atomic mass is 35.5. The molecule has 0 aliphatic heterocycles. The number of carboxylic acid groups (broad SMARTS) is 1. The van der Waals surface area contributed by atoms with Crippen LogP contribution in [0.2, 0.25) is 6.32 Å². The van der Waals surface area contributed by atoms with Crippen molar-refractivity contribution in [2.24, 2.45) is 23.3 Å². The van der Waals surface area contributed by atoms with Crippen molar-refractivity contribution >= 4 is 25.5 Å². The maximum atomic E-state index is 11.2. The number of aliphatic carboxylic acids is 1. The first-order valence-electron chi connectivity index (χ1n) is 5.98. The topological polar surface area (TPSA) is 130 Å². The molecule has 0 aromatic rings. The number of carbonyl (C=O) groups is 1. The van der Waals surface area contributed by atoms with Crippen LogP contribution in [0.3, 0.4) is 0 Å². The van der Waals surface area contributed by atoms with Crippen LogP contribution in [0.25, 0.3) is 0 Å². The van der Waals surface area contributed by atoms with Gasteiger partial charge in [-0.3, -0.25) is 4.79 Å². The molecule has 106 valence electrons. The standard InChI is InChI=1S/C10H21BN2O4.ClH/c12-6-8-2-1-7(3-4-11(16)17)5-10(8,13)9(14)15;/h7-8,16-17H,1-6,12-13H2,(H,14,15);1H/t7-,8-,10+;/m0./s1. The first-order valence-corrected chi connectivity index (χ1v) is 5.98. The van der Waals surface area contributed by atoms with Gasteiger partial charge in [-0.05, 0) is 44.0 Å². The highest BCUT2D eigenvalue weighted by molar-refractivity contribution is 6.40. The highest BCUT2D eigenvalue weighted by Crippen LogP contribution is 2.37. The van der Waals surface area contributed by atoms with Gasteiger partial charge >= 0.3 is 13.1 Å². The molecule has 18 heavy (non-hydrogen) atoms. The summed E-state index contributed by atoms with van der Waals surface area (Å²) in [6.07, 6.45) is 2.73. The van der Waals surface area contributed by atoms with Crippen LogP contribution >= 0.6 is 12.4 Å². The van der Waals surface area contributed by atoms with Crippen molar-refractivity contribution in [3.8, 4) is 0 Å². The number of hydrogen-bond acceptors (Lipinski definition) is 5. The van der Waals surface area contributed by atoms with Gasteiger partial charge in [-0.15, -0.1) is 12.4 Å². The molecule has 0 radical (unpaired) electrons. The van der Waals surface area contributed by atoms with Crippen molar-refractivity contribution < 1.29 is 19.9 Å². The molecule has 1 aliphatic carbocycles. The zero-order valence-electron chi connectivity index (χ0n) is 10.3. The van der Waals surface area contributed by atoms with Crippen LogP contribution in [0.1, 0.15) is 25.7 Å². The van der Waals surface area contributed by atoms with E-state index in [9.17, 15) is 9.90 Å². The fourth-order valence-corrected chi connectivity index (χ4v) is 2.66. The Hall–Kier alpha value is -0.335. The number of carboxylic acids is 1. The fourth-order valence-electron chi connectivity index (χ4n) is 2.66. The third-order valence-electron chi connectivity index (χ3n) is 3.79. The Balaban J connectivity index is 0.00000289. The van der Waals surface area contributed by atoms with Gasteiger partial charge in [0.25, 0.3) is 0 Å². The van der Waals surface area contributed by atoms with E-state index >= 15 is 0 Å². The highest BCUT2D eigenvalue weighted by Gasteiger charge is 2.46. The minimum Gasteiger partial charge on any atom is -0.480 e. The number of halogens is 1. The SMILES string of the molecule is Cl.NC[C@@H]1CC[C@@H](CCB(O)O)C[C@]1(N)C(=O)O. The molecule has 1 rings (SSSR count). The average molecular weight is 281 g/mol. The van der Waals surface area contributed by atoms with Gasteiger partial charge in [-0.2, -0.15) is 0 Å². The quantitative estimate of drug-likeness (QED) is 0.429. The van der Waals surface area contributed by atoms with Crippen LogP contribution in [0.4, 0.5) is 0 Å². The summed E-state index contributed by atoms with van der Waals surface area (Å²) in [6, 6.07) is 0. The van der Waals surface area contributed by atoms with Crippen LogP contribution in [-0.4, -0.2) is 40.3 Å². The van der Waals surface area contributed by atoms with Gasteiger partial charge in [-0.25, -0.2) is 0 Å². The summed E-state index contributed by atoms with van der Waals surface area (Å²) in [4.78, 5) is 11.2. The lowest BCUT2D eigenvalue weighted by molar-refractivity contribution is -0.147. The zero-order valence-corrected chi connectivity index (χ0v) is 11.1.